The summed E-state index contributed by atoms with van der Waals surface area (Å²) in [5.41, 5.74) is 1.01. The predicted molar refractivity (Wildman–Crippen MR) is 474 cm³/mol. The third-order valence-electron chi connectivity index (χ3n) is 21.9. The molecular formula is C87H93F6N18O13PS3. The van der Waals surface area contributed by atoms with Crippen molar-refractivity contribution < 1.29 is 87.3 Å². The number of fused-ring (bicyclic) bond motifs is 3. The number of ether oxygens (including phenoxy) is 6. The van der Waals surface area contributed by atoms with Gasteiger partial charge in [0, 0.05) is 87.2 Å². The molecule has 31 nitrogen and oxygen atoms in total. The van der Waals surface area contributed by atoms with Gasteiger partial charge in [-0.1, -0.05) is 18.2 Å². The van der Waals surface area contributed by atoms with Crippen molar-refractivity contribution in [3.8, 4) is 34.5 Å². The van der Waals surface area contributed by atoms with Gasteiger partial charge in [0.15, 0.2) is 84.8 Å². The van der Waals surface area contributed by atoms with E-state index in [-0.39, 0.29) is 73.9 Å². The topological polar surface area (TPSA) is 349 Å². The molecule has 0 bridgehead atoms. The lowest BCUT2D eigenvalue weighted by molar-refractivity contribution is -0.116. The van der Waals surface area contributed by atoms with Crippen molar-refractivity contribution in [1.29, 1.82) is 0 Å². The fourth-order valence-electron chi connectivity index (χ4n) is 15.1. The van der Waals surface area contributed by atoms with E-state index in [1.54, 1.807) is 57.7 Å². The molecule has 0 atom stereocenters. The van der Waals surface area contributed by atoms with E-state index in [2.05, 4.69) is 91.5 Å². The van der Waals surface area contributed by atoms with Crippen LogP contribution in [0.2, 0.25) is 0 Å². The lowest BCUT2D eigenvalue weighted by Gasteiger charge is -2.34. The fourth-order valence-corrected chi connectivity index (χ4v) is 18.9. The molecule has 6 N–H and O–H groups in total. The Morgan fingerprint density at radius 3 is 0.969 bits per heavy atom. The Morgan fingerprint density at radius 2 is 0.688 bits per heavy atom. The SMILES string of the molecule is COc1cc2c(Nc3ncc(CC(=O)Nc4cccc(F)c4F)s3)ncnc2cc1OCCCN1CCC(COP(=O)(OCC2CCN(CCCOc3cc4ncnc(Nc5ncc(CC(=O)Nc6cccc(F)c6F)s5)c4cc3OC)CC2)OCC2CCN(CCCOc3cc4ncnc(Nc5ncc(CC(=O)Nc6cccc(F)c6F)s5)c4cc3OC)CC2)CC1. The van der Waals surface area contributed by atoms with E-state index in [4.69, 9.17) is 42.0 Å². The molecule has 3 aliphatic heterocycles. The first-order valence-electron chi connectivity index (χ1n) is 41.7. The molecular weight excluding hydrogens is 1750 g/mol. The summed E-state index contributed by atoms with van der Waals surface area (Å²) in [6, 6.07) is 21.4. The minimum atomic E-state index is -4.04. The van der Waals surface area contributed by atoms with Crippen molar-refractivity contribution in [3.05, 3.63) is 178 Å². The molecule has 41 heteroatoms. The number of benzene rings is 6. The maximum absolute atomic E-state index is 15.0. The van der Waals surface area contributed by atoms with Gasteiger partial charge in [-0.05, 0) is 169 Å². The van der Waals surface area contributed by atoms with Gasteiger partial charge in [0.2, 0.25) is 17.7 Å². The summed E-state index contributed by atoms with van der Waals surface area (Å²) < 4.78 is 154. The number of aromatic nitrogens is 9. The molecule has 0 spiro atoms. The molecule has 3 amide bonds. The van der Waals surface area contributed by atoms with Crippen molar-refractivity contribution in [2.45, 2.75) is 77.0 Å². The first-order valence-corrected chi connectivity index (χ1v) is 45.6. The average Bonchev–Trinajstić information content (AvgIpc) is 1.08. The van der Waals surface area contributed by atoms with Gasteiger partial charge in [0.05, 0.1) is 114 Å². The summed E-state index contributed by atoms with van der Waals surface area (Å²) in [5, 5.41) is 20.1. The maximum Gasteiger partial charge on any atom is 0.474 e. The van der Waals surface area contributed by atoms with E-state index in [1.807, 2.05) is 0 Å². The highest BCUT2D eigenvalue weighted by Crippen LogP contribution is 2.52. The number of thiazole rings is 3. The van der Waals surface area contributed by atoms with E-state index in [9.17, 15) is 40.7 Å². The van der Waals surface area contributed by atoms with Crippen LogP contribution in [-0.4, -0.2) is 197 Å². The highest BCUT2D eigenvalue weighted by Gasteiger charge is 2.35. The Labute approximate surface area is 744 Å². The molecule has 674 valence electrons. The number of nitrogens with one attached hydrogen (secondary N) is 6. The number of phosphoric acid groups is 1. The first kappa shape index (κ1) is 91.2. The van der Waals surface area contributed by atoms with Crippen LogP contribution in [0.5, 0.6) is 34.5 Å². The Hall–Kier alpha value is -11.6. The highest BCUT2D eigenvalue weighted by atomic mass is 32.1. The largest absolute Gasteiger partial charge is 0.493 e. The minimum absolute atomic E-state index is 0.116. The second kappa shape index (κ2) is 43.5. The van der Waals surface area contributed by atoms with E-state index in [0.29, 0.717) is 135 Å². The summed E-state index contributed by atoms with van der Waals surface area (Å²) in [6.45, 7) is 9.03. The summed E-state index contributed by atoms with van der Waals surface area (Å²) in [5.74, 6) is -3.56. The average molecular weight is 1840 g/mol. The number of likely N-dealkylation sites (tertiary alicyclic amines) is 3. The van der Waals surface area contributed by atoms with E-state index in [1.165, 1.54) is 108 Å². The quantitative estimate of drug-likeness (QED) is 0.0118. The number of carbonyl (C=O) groups is 3. The Kier molecular flexibility index (Phi) is 31.0. The molecule has 128 heavy (non-hydrogen) atoms. The zero-order valence-corrected chi connectivity index (χ0v) is 73.4. The summed E-state index contributed by atoms with van der Waals surface area (Å²) >= 11 is 3.62. The second-order valence-electron chi connectivity index (χ2n) is 30.8. The molecule has 0 saturated carbocycles. The van der Waals surface area contributed by atoms with Crippen LogP contribution in [-0.2, 0) is 51.8 Å². The monoisotopic (exact) mass is 1840 g/mol. The van der Waals surface area contributed by atoms with Crippen molar-refractivity contribution in [2.24, 2.45) is 17.8 Å². The molecule has 0 radical (unpaired) electrons. The van der Waals surface area contributed by atoms with Gasteiger partial charge in [-0.2, -0.15) is 0 Å². The minimum Gasteiger partial charge on any atom is -0.493 e. The standard InChI is InChI=1S/C87H93F6N18O13PS3/c1-116-70-37-58-67(97-49-100-82(58)106-85-94-43-55(126-85)34-76(112)103-64-13-4-10-61(88)79(64)91)40-73(70)119-31-7-22-109-25-16-52(17-26-109)46-122-125(115,123-47-53-18-27-110(28-19-53)23-8-32-120-74-41-68-59(38-71(74)117-2)83(101-50-98-68)107-86-95-44-56(127-86)35-77(113)104-65-14-5-11-62(89)80(65)92)124-48-54-20-29-111(30-21-54)24-9-33-121-75-42-69-60(39-72(75)118-3)84(102-51-99-69)108-87-96-45-57(128-87)36-78(114)105-66-15-6-12-63(90)81(66)93/h4-6,10-15,37-45,49-54H,7-9,16-36,46-48H2,1-3H3,(H,103,112)(H,104,113)(H,105,114)(H,94,97,100,106)(H,95,98,101,107)(H,96,99,102,108). The molecule has 15 rings (SSSR count). The summed E-state index contributed by atoms with van der Waals surface area (Å²) in [7, 11) is 0.623. The zero-order chi connectivity index (χ0) is 89.0. The number of nitrogens with zero attached hydrogens (tertiary/aromatic N) is 12. The zero-order valence-electron chi connectivity index (χ0n) is 70.1. The second-order valence-corrected chi connectivity index (χ2v) is 35.8. The number of piperidine rings is 3. The van der Waals surface area contributed by atoms with Crippen molar-refractivity contribution in [1.82, 2.24) is 59.6 Å². The lowest BCUT2D eigenvalue weighted by atomic mass is 9.98. The summed E-state index contributed by atoms with van der Waals surface area (Å²) in [4.78, 5) is 87.1. The van der Waals surface area contributed by atoms with Crippen molar-refractivity contribution >= 4 is 142 Å². The van der Waals surface area contributed by atoms with Gasteiger partial charge < -0.3 is 75.0 Å². The Bertz CT molecular complexity index is 5370. The number of phosphoric ester groups is 1. The summed E-state index contributed by atoms with van der Waals surface area (Å²) in [6.07, 6.45) is 15.6. The van der Waals surface area contributed by atoms with Crippen LogP contribution in [0, 0.1) is 52.7 Å². The highest BCUT2D eigenvalue weighted by molar-refractivity contribution is 7.48. The molecule has 3 aliphatic rings. The van der Waals surface area contributed by atoms with E-state index >= 15 is 4.57 Å². The van der Waals surface area contributed by atoms with E-state index < -0.39 is 60.4 Å². The van der Waals surface area contributed by atoms with Crippen LogP contribution in [0.25, 0.3) is 32.7 Å². The number of hydrogen-bond donors (Lipinski definition) is 6. The van der Waals surface area contributed by atoms with Crippen LogP contribution in [0.4, 0.5) is 76.3 Å². The fraction of sp³-hybridized carbons (Fsp3) is 0.379. The smallest absolute Gasteiger partial charge is 0.474 e. The van der Waals surface area contributed by atoms with Crippen molar-refractivity contribution in [3.63, 3.8) is 0 Å². The molecule has 3 fully saturated rings. The number of hydrogen-bond acceptors (Lipinski definition) is 31. The Balaban J connectivity index is 0.508. The molecule has 6 aromatic carbocycles. The molecule has 9 heterocycles. The predicted octanol–water partition coefficient (Wildman–Crippen LogP) is 16.5. The molecule has 0 aliphatic carbocycles. The number of anilines is 9. The number of amides is 3. The first-order chi connectivity index (χ1) is 62.2. The van der Waals surface area contributed by atoms with Crippen LogP contribution in [0.3, 0.4) is 0 Å². The van der Waals surface area contributed by atoms with Crippen LogP contribution >= 0.6 is 41.8 Å². The Morgan fingerprint density at radius 1 is 0.398 bits per heavy atom. The molecule has 0 unspecified atom stereocenters. The molecule has 6 aromatic heterocycles. The number of carbonyl (C=O) groups excluding carboxylic acids is 3. The normalized spacial score (nSPS) is 14.6. The molecule has 3 saturated heterocycles. The molecule has 12 aromatic rings. The van der Waals surface area contributed by atoms with Gasteiger partial charge in [0.25, 0.3) is 0 Å². The van der Waals surface area contributed by atoms with Crippen LogP contribution in [0.1, 0.15) is 72.4 Å². The van der Waals surface area contributed by atoms with E-state index in [0.717, 1.165) is 135 Å². The van der Waals surface area contributed by atoms with Gasteiger partial charge in [-0.3, -0.25) is 28.0 Å². The maximum atomic E-state index is 15.0. The number of rotatable bonds is 42. The van der Waals surface area contributed by atoms with Gasteiger partial charge in [-0.15, -0.1) is 34.0 Å². The van der Waals surface area contributed by atoms with Crippen molar-refractivity contribution in [2.75, 3.05) is 152 Å². The lowest BCUT2D eigenvalue weighted by Crippen LogP contribution is -2.37. The van der Waals surface area contributed by atoms with Gasteiger partial charge in [-0.25, -0.2) is 75.8 Å². The third kappa shape index (κ3) is 24.2. The van der Waals surface area contributed by atoms with Crippen LogP contribution < -0.4 is 60.3 Å². The van der Waals surface area contributed by atoms with Gasteiger partial charge >= 0.3 is 7.82 Å². The van der Waals surface area contributed by atoms with Crippen LogP contribution in [0.15, 0.2) is 129 Å². The number of methoxy groups -OCH3 is 3. The third-order valence-corrected chi connectivity index (χ3v) is 26.1. The van der Waals surface area contributed by atoms with Gasteiger partial charge in [0.1, 0.15) is 36.4 Å². The number of halogens is 6.